The molecule has 1 aromatic heterocycles. The van der Waals surface area contributed by atoms with Crippen molar-refractivity contribution in [2.24, 2.45) is 0 Å². The third-order valence-electron chi connectivity index (χ3n) is 4.07. The van der Waals surface area contributed by atoms with Gasteiger partial charge in [0.15, 0.2) is 5.82 Å². The Bertz CT molecular complexity index is 860. The molecule has 0 atom stereocenters. The Hall–Kier alpha value is -3.15. The maximum atomic E-state index is 4.63. The molecule has 0 spiro atoms. The van der Waals surface area contributed by atoms with Crippen molar-refractivity contribution >= 4 is 28.8 Å². The van der Waals surface area contributed by atoms with Crippen molar-refractivity contribution < 1.29 is 0 Å². The Balaban J connectivity index is 1.83. The van der Waals surface area contributed by atoms with Crippen molar-refractivity contribution in [3.8, 4) is 0 Å². The highest BCUT2D eigenvalue weighted by Crippen LogP contribution is 2.24. The Kier molecular flexibility index (Phi) is 5.31. The smallest absolute Gasteiger partial charge is 0.251 e. The zero-order chi connectivity index (χ0) is 18.5. The summed E-state index contributed by atoms with van der Waals surface area (Å²) in [6, 6.07) is 16.4. The number of hydrogen-bond acceptors (Lipinski definition) is 6. The topological polar surface area (TPSA) is 57.2 Å². The van der Waals surface area contributed by atoms with Gasteiger partial charge in [0.05, 0.1) is 6.20 Å². The van der Waals surface area contributed by atoms with E-state index >= 15 is 0 Å². The molecular weight excluding hydrogens is 324 g/mol. The van der Waals surface area contributed by atoms with Gasteiger partial charge in [-0.1, -0.05) is 12.1 Å². The van der Waals surface area contributed by atoms with Crippen LogP contribution in [0, 0.1) is 6.92 Å². The molecule has 2 aromatic carbocycles. The molecular formula is C20H24N6. The van der Waals surface area contributed by atoms with Gasteiger partial charge in [-0.2, -0.15) is 10.1 Å². The van der Waals surface area contributed by atoms with E-state index in [1.807, 2.05) is 37.2 Å². The molecule has 6 heteroatoms. The first-order chi connectivity index (χ1) is 12.6. The monoisotopic (exact) mass is 348 g/mol. The highest BCUT2D eigenvalue weighted by atomic mass is 15.3. The lowest BCUT2D eigenvalue weighted by atomic mass is 10.2. The van der Waals surface area contributed by atoms with Gasteiger partial charge in [-0.25, -0.2) is 0 Å². The molecule has 0 aliphatic rings. The SMILES string of the molecule is CCN(c1cccc(C)c1)c1nncc(Nc2ccc(N(C)C)cc2)n1. The highest BCUT2D eigenvalue weighted by Gasteiger charge is 2.12. The maximum Gasteiger partial charge on any atom is 0.251 e. The van der Waals surface area contributed by atoms with E-state index < -0.39 is 0 Å². The summed E-state index contributed by atoms with van der Waals surface area (Å²) in [7, 11) is 4.04. The fourth-order valence-electron chi connectivity index (χ4n) is 2.69. The van der Waals surface area contributed by atoms with Gasteiger partial charge in [-0.05, 0) is 55.8 Å². The normalized spacial score (nSPS) is 10.5. The lowest BCUT2D eigenvalue weighted by Gasteiger charge is -2.21. The first-order valence-corrected chi connectivity index (χ1v) is 8.65. The molecule has 134 valence electrons. The number of aryl methyl sites for hydroxylation is 1. The molecule has 3 aromatic rings. The van der Waals surface area contributed by atoms with Crippen molar-refractivity contribution in [3.63, 3.8) is 0 Å². The van der Waals surface area contributed by atoms with Gasteiger partial charge in [-0.3, -0.25) is 0 Å². The molecule has 0 saturated heterocycles. The van der Waals surface area contributed by atoms with Crippen LogP contribution < -0.4 is 15.1 Å². The third-order valence-corrected chi connectivity index (χ3v) is 4.07. The Labute approximate surface area is 154 Å². The van der Waals surface area contributed by atoms with Crippen molar-refractivity contribution in [2.45, 2.75) is 13.8 Å². The van der Waals surface area contributed by atoms with E-state index in [0.29, 0.717) is 11.8 Å². The molecule has 1 N–H and O–H groups in total. The summed E-state index contributed by atoms with van der Waals surface area (Å²) < 4.78 is 0. The quantitative estimate of drug-likeness (QED) is 0.722. The number of hydrogen-bond donors (Lipinski definition) is 1. The standard InChI is InChI=1S/C20H24N6/c1-5-26(18-8-6-7-15(2)13-18)20-23-19(14-21-24-20)22-16-9-11-17(12-10-16)25(3)4/h6-14H,5H2,1-4H3,(H,22,23,24). The van der Waals surface area contributed by atoms with Gasteiger partial charge in [0.2, 0.25) is 0 Å². The summed E-state index contributed by atoms with van der Waals surface area (Å²) in [6.07, 6.45) is 1.63. The van der Waals surface area contributed by atoms with Crippen LogP contribution in [0.1, 0.15) is 12.5 Å². The lowest BCUT2D eigenvalue weighted by molar-refractivity contribution is 0.886. The van der Waals surface area contributed by atoms with Gasteiger partial charge >= 0.3 is 0 Å². The zero-order valence-electron chi connectivity index (χ0n) is 15.6. The number of nitrogens with one attached hydrogen (secondary N) is 1. The Morgan fingerprint density at radius 1 is 1.00 bits per heavy atom. The van der Waals surface area contributed by atoms with Crippen LogP contribution in [-0.4, -0.2) is 35.8 Å². The van der Waals surface area contributed by atoms with Crippen LogP contribution in [0.25, 0.3) is 0 Å². The zero-order valence-corrected chi connectivity index (χ0v) is 15.6. The molecule has 0 fully saturated rings. The van der Waals surface area contributed by atoms with Crippen LogP contribution in [-0.2, 0) is 0 Å². The molecule has 1 heterocycles. The minimum Gasteiger partial charge on any atom is -0.378 e. The summed E-state index contributed by atoms with van der Waals surface area (Å²) in [4.78, 5) is 8.74. The van der Waals surface area contributed by atoms with Gasteiger partial charge in [-0.15, -0.1) is 5.10 Å². The van der Waals surface area contributed by atoms with Crippen LogP contribution >= 0.6 is 0 Å². The van der Waals surface area contributed by atoms with E-state index in [2.05, 4.69) is 69.6 Å². The fraction of sp³-hybridized carbons (Fsp3) is 0.250. The van der Waals surface area contributed by atoms with Gasteiger partial charge in [0.25, 0.3) is 5.95 Å². The van der Waals surface area contributed by atoms with Gasteiger partial charge in [0.1, 0.15) is 0 Å². The summed E-state index contributed by atoms with van der Waals surface area (Å²) in [5, 5.41) is 11.6. The van der Waals surface area contributed by atoms with Crippen molar-refractivity contribution in [1.29, 1.82) is 0 Å². The Morgan fingerprint density at radius 2 is 1.77 bits per heavy atom. The molecule has 26 heavy (non-hydrogen) atoms. The van der Waals surface area contributed by atoms with Gasteiger partial charge < -0.3 is 15.1 Å². The van der Waals surface area contributed by atoms with E-state index in [9.17, 15) is 0 Å². The second kappa shape index (κ2) is 7.82. The average Bonchev–Trinajstić information content (AvgIpc) is 2.63. The Morgan fingerprint density at radius 3 is 2.42 bits per heavy atom. The molecule has 0 bridgehead atoms. The second-order valence-electron chi connectivity index (χ2n) is 6.29. The molecule has 0 radical (unpaired) electrons. The number of aromatic nitrogens is 3. The number of nitrogens with zero attached hydrogens (tertiary/aromatic N) is 5. The van der Waals surface area contributed by atoms with Crippen molar-refractivity contribution in [3.05, 3.63) is 60.3 Å². The van der Waals surface area contributed by atoms with E-state index in [-0.39, 0.29) is 0 Å². The summed E-state index contributed by atoms with van der Waals surface area (Å²) in [5.41, 5.74) is 4.36. The number of anilines is 5. The largest absolute Gasteiger partial charge is 0.378 e. The number of benzene rings is 2. The molecule has 0 saturated carbocycles. The minimum absolute atomic E-state index is 0.577. The molecule has 3 rings (SSSR count). The molecule has 0 aliphatic carbocycles. The van der Waals surface area contributed by atoms with E-state index in [1.54, 1.807) is 6.20 Å². The van der Waals surface area contributed by atoms with Crippen LogP contribution in [0.5, 0.6) is 0 Å². The summed E-state index contributed by atoms with van der Waals surface area (Å²) in [5.74, 6) is 1.24. The maximum absolute atomic E-state index is 4.63. The fourth-order valence-corrected chi connectivity index (χ4v) is 2.69. The first kappa shape index (κ1) is 17.7. The van der Waals surface area contributed by atoms with E-state index in [1.165, 1.54) is 5.56 Å². The van der Waals surface area contributed by atoms with E-state index in [4.69, 9.17) is 0 Å². The minimum atomic E-state index is 0.577. The van der Waals surface area contributed by atoms with Crippen LogP contribution in [0.4, 0.5) is 28.8 Å². The predicted molar refractivity (Wildman–Crippen MR) is 108 cm³/mol. The summed E-state index contributed by atoms with van der Waals surface area (Å²) >= 11 is 0. The second-order valence-corrected chi connectivity index (χ2v) is 6.29. The molecule has 0 unspecified atom stereocenters. The molecule has 6 nitrogen and oxygen atoms in total. The van der Waals surface area contributed by atoms with Crippen LogP contribution in [0.3, 0.4) is 0 Å². The molecule has 0 amide bonds. The highest BCUT2D eigenvalue weighted by molar-refractivity contribution is 5.62. The van der Waals surface area contributed by atoms with Crippen molar-refractivity contribution in [2.75, 3.05) is 35.8 Å². The number of rotatable bonds is 6. The predicted octanol–water partition coefficient (Wildman–Crippen LogP) is 4.15. The van der Waals surface area contributed by atoms with Crippen molar-refractivity contribution in [1.82, 2.24) is 15.2 Å². The lowest BCUT2D eigenvalue weighted by Crippen LogP contribution is -2.19. The average molecular weight is 348 g/mol. The van der Waals surface area contributed by atoms with Gasteiger partial charge in [0, 0.05) is 37.7 Å². The van der Waals surface area contributed by atoms with Crippen LogP contribution in [0.15, 0.2) is 54.7 Å². The molecule has 0 aliphatic heterocycles. The first-order valence-electron chi connectivity index (χ1n) is 8.65. The van der Waals surface area contributed by atoms with E-state index in [0.717, 1.165) is 23.6 Å². The third kappa shape index (κ3) is 4.08. The van der Waals surface area contributed by atoms with Crippen LogP contribution in [0.2, 0.25) is 0 Å². The summed E-state index contributed by atoms with van der Waals surface area (Å²) in [6.45, 7) is 4.91.